The third-order valence-corrected chi connectivity index (χ3v) is 7.55. The van der Waals surface area contributed by atoms with Crippen molar-refractivity contribution in [2.24, 2.45) is 0 Å². The van der Waals surface area contributed by atoms with Crippen LogP contribution in [-0.4, -0.2) is 28.5 Å². The Balaban J connectivity index is 1.20. The Bertz CT molecular complexity index is 1490. The van der Waals surface area contributed by atoms with E-state index in [1.165, 1.54) is 28.5 Å². The monoisotopic (exact) mass is 533 g/mol. The Kier molecular flexibility index (Phi) is 7.46. The van der Waals surface area contributed by atoms with Crippen LogP contribution in [0, 0.1) is 11.6 Å². The van der Waals surface area contributed by atoms with Crippen molar-refractivity contribution < 1.29 is 23.5 Å². The van der Waals surface area contributed by atoms with Gasteiger partial charge in [0.25, 0.3) is 5.91 Å². The highest BCUT2D eigenvalue weighted by molar-refractivity contribution is 7.10. The van der Waals surface area contributed by atoms with Crippen LogP contribution in [0.5, 0.6) is 0 Å². The Morgan fingerprint density at radius 1 is 1.03 bits per heavy atom. The van der Waals surface area contributed by atoms with Crippen LogP contribution in [0.1, 0.15) is 50.8 Å². The van der Waals surface area contributed by atoms with Crippen LogP contribution in [0.15, 0.2) is 66.0 Å². The molecule has 1 unspecified atom stereocenters. The molecule has 0 bridgehead atoms. The van der Waals surface area contributed by atoms with Crippen molar-refractivity contribution >= 4 is 28.9 Å². The molecule has 3 aromatic carbocycles. The SMILES string of the molecule is O=C(O)CCNC(=O)c1ccc(CNc2ccc3c(c2)CCC3c2nc(-c3ccc(F)c(F)c3)cs2)cc1. The lowest BCUT2D eigenvalue weighted by atomic mass is 10.0. The molecule has 1 atom stereocenters. The van der Waals surface area contributed by atoms with Crippen LogP contribution in [-0.2, 0) is 17.8 Å². The summed E-state index contributed by atoms with van der Waals surface area (Å²) in [7, 11) is 0. The first kappa shape index (κ1) is 25.5. The van der Waals surface area contributed by atoms with Gasteiger partial charge in [-0.1, -0.05) is 18.2 Å². The van der Waals surface area contributed by atoms with E-state index in [9.17, 15) is 18.4 Å². The molecule has 0 fully saturated rings. The van der Waals surface area contributed by atoms with Gasteiger partial charge in [-0.05, 0) is 72.0 Å². The molecule has 38 heavy (non-hydrogen) atoms. The third kappa shape index (κ3) is 5.73. The zero-order chi connectivity index (χ0) is 26.6. The molecule has 1 aliphatic rings. The first-order valence-electron chi connectivity index (χ1n) is 12.2. The number of carbonyl (C=O) groups excluding carboxylic acids is 1. The molecule has 0 spiro atoms. The van der Waals surface area contributed by atoms with Crippen molar-refractivity contribution in [2.45, 2.75) is 31.7 Å². The number of amides is 1. The zero-order valence-electron chi connectivity index (χ0n) is 20.3. The normalized spacial score (nSPS) is 14.2. The maximum absolute atomic E-state index is 13.7. The van der Waals surface area contributed by atoms with E-state index in [2.05, 4.69) is 22.8 Å². The number of nitrogens with zero attached hydrogens (tertiary/aromatic N) is 1. The van der Waals surface area contributed by atoms with E-state index in [1.54, 1.807) is 18.2 Å². The quantitative estimate of drug-likeness (QED) is 0.246. The average Bonchev–Trinajstić information content (AvgIpc) is 3.56. The van der Waals surface area contributed by atoms with Crippen LogP contribution >= 0.6 is 11.3 Å². The first-order chi connectivity index (χ1) is 18.4. The molecule has 194 valence electrons. The second-order valence-electron chi connectivity index (χ2n) is 9.15. The summed E-state index contributed by atoms with van der Waals surface area (Å²) < 4.78 is 26.9. The number of carboxylic acid groups (broad SMARTS) is 1. The summed E-state index contributed by atoms with van der Waals surface area (Å²) in [6.45, 7) is 0.682. The lowest BCUT2D eigenvalue weighted by Crippen LogP contribution is -2.25. The predicted octanol–water partition coefficient (Wildman–Crippen LogP) is 5.98. The fraction of sp³-hybridized carbons (Fsp3) is 0.207. The summed E-state index contributed by atoms with van der Waals surface area (Å²) in [5, 5.41) is 17.6. The lowest BCUT2D eigenvalue weighted by Gasteiger charge is -2.12. The smallest absolute Gasteiger partial charge is 0.305 e. The van der Waals surface area contributed by atoms with Crippen molar-refractivity contribution in [1.29, 1.82) is 0 Å². The van der Waals surface area contributed by atoms with Crippen LogP contribution in [0.25, 0.3) is 11.3 Å². The van der Waals surface area contributed by atoms with Gasteiger partial charge in [0.2, 0.25) is 0 Å². The number of fused-ring (bicyclic) bond motifs is 1. The number of nitrogens with one attached hydrogen (secondary N) is 2. The number of aromatic nitrogens is 1. The topological polar surface area (TPSA) is 91.3 Å². The van der Waals surface area contributed by atoms with E-state index in [0.29, 0.717) is 23.4 Å². The van der Waals surface area contributed by atoms with Gasteiger partial charge in [0.05, 0.1) is 12.1 Å². The fourth-order valence-corrected chi connectivity index (χ4v) is 5.56. The van der Waals surface area contributed by atoms with E-state index >= 15 is 0 Å². The molecule has 4 aromatic rings. The number of halogens is 2. The highest BCUT2D eigenvalue weighted by Gasteiger charge is 2.27. The number of hydrogen-bond acceptors (Lipinski definition) is 5. The fourth-order valence-electron chi connectivity index (χ4n) is 4.58. The van der Waals surface area contributed by atoms with Crippen molar-refractivity contribution in [3.63, 3.8) is 0 Å². The van der Waals surface area contributed by atoms with E-state index < -0.39 is 17.6 Å². The standard InChI is InChI=1S/C29H25F2N3O3S/c30-24-10-6-20(14-25(24)31)26-16-38-29(34-26)23-8-5-19-13-21(7-9-22(19)23)33-15-17-1-3-18(4-2-17)28(37)32-12-11-27(35)36/h1-4,6-7,9-10,13-14,16,23,33H,5,8,11-12,15H2,(H,32,37)(H,35,36). The van der Waals surface area contributed by atoms with E-state index in [4.69, 9.17) is 10.1 Å². The maximum atomic E-state index is 13.7. The van der Waals surface area contributed by atoms with E-state index in [-0.39, 0.29) is 24.8 Å². The Morgan fingerprint density at radius 3 is 2.61 bits per heavy atom. The number of thiazole rings is 1. The minimum absolute atomic E-state index is 0.0919. The van der Waals surface area contributed by atoms with Crippen molar-refractivity contribution in [2.75, 3.05) is 11.9 Å². The van der Waals surface area contributed by atoms with Crippen LogP contribution < -0.4 is 10.6 Å². The molecule has 1 aliphatic carbocycles. The molecule has 1 heterocycles. The highest BCUT2D eigenvalue weighted by Crippen LogP contribution is 2.41. The highest BCUT2D eigenvalue weighted by atomic mass is 32.1. The average molecular weight is 534 g/mol. The van der Waals surface area contributed by atoms with Crippen LogP contribution in [0.2, 0.25) is 0 Å². The van der Waals surface area contributed by atoms with E-state index in [1.807, 2.05) is 23.6 Å². The number of rotatable bonds is 9. The Morgan fingerprint density at radius 2 is 1.84 bits per heavy atom. The Labute approximate surface area is 222 Å². The van der Waals surface area contributed by atoms with Crippen LogP contribution in [0.3, 0.4) is 0 Å². The molecule has 0 saturated heterocycles. The summed E-state index contributed by atoms with van der Waals surface area (Å²) in [6, 6.07) is 17.4. The first-order valence-corrected chi connectivity index (χ1v) is 13.1. The number of aliphatic carboxylic acids is 1. The molecule has 0 radical (unpaired) electrons. The molecule has 6 nitrogen and oxygen atoms in total. The van der Waals surface area contributed by atoms with Gasteiger partial charge in [-0.3, -0.25) is 9.59 Å². The minimum Gasteiger partial charge on any atom is -0.481 e. The van der Waals surface area contributed by atoms with Crippen molar-refractivity contribution in [3.8, 4) is 11.3 Å². The largest absolute Gasteiger partial charge is 0.481 e. The van der Waals surface area contributed by atoms with Crippen molar-refractivity contribution in [1.82, 2.24) is 10.3 Å². The summed E-state index contributed by atoms with van der Waals surface area (Å²) in [5.41, 5.74) is 6.21. The van der Waals surface area contributed by atoms with Gasteiger partial charge in [-0.25, -0.2) is 13.8 Å². The number of carboxylic acids is 1. The molecule has 9 heteroatoms. The van der Waals surface area contributed by atoms with Gasteiger partial charge in [0.1, 0.15) is 5.01 Å². The maximum Gasteiger partial charge on any atom is 0.305 e. The zero-order valence-corrected chi connectivity index (χ0v) is 21.2. The number of aryl methyl sites for hydroxylation is 1. The van der Waals surface area contributed by atoms with Gasteiger partial charge in [0, 0.05) is 41.2 Å². The minimum atomic E-state index is -0.953. The summed E-state index contributed by atoms with van der Waals surface area (Å²) >= 11 is 1.54. The molecule has 1 amide bonds. The van der Waals surface area contributed by atoms with Gasteiger partial charge in [-0.2, -0.15) is 0 Å². The number of benzene rings is 3. The van der Waals surface area contributed by atoms with Gasteiger partial charge >= 0.3 is 5.97 Å². The van der Waals surface area contributed by atoms with Gasteiger partial charge in [-0.15, -0.1) is 11.3 Å². The second kappa shape index (κ2) is 11.1. The lowest BCUT2D eigenvalue weighted by molar-refractivity contribution is -0.136. The molecule has 1 aromatic heterocycles. The predicted molar refractivity (Wildman–Crippen MR) is 142 cm³/mol. The molecule has 3 N–H and O–H groups in total. The van der Waals surface area contributed by atoms with Crippen LogP contribution in [0.4, 0.5) is 14.5 Å². The van der Waals surface area contributed by atoms with Gasteiger partial charge < -0.3 is 15.7 Å². The van der Waals surface area contributed by atoms with Crippen molar-refractivity contribution in [3.05, 3.63) is 105 Å². The number of carbonyl (C=O) groups is 2. The Hall–Kier alpha value is -4.11. The molecular weight excluding hydrogens is 508 g/mol. The van der Waals surface area contributed by atoms with E-state index in [0.717, 1.165) is 35.2 Å². The summed E-state index contributed by atoms with van der Waals surface area (Å²) in [6.07, 6.45) is 1.76. The van der Waals surface area contributed by atoms with Gasteiger partial charge in [0.15, 0.2) is 11.6 Å². The number of hydrogen-bond donors (Lipinski definition) is 3. The summed E-state index contributed by atoms with van der Waals surface area (Å²) in [5.74, 6) is -2.82. The second-order valence-corrected chi connectivity index (χ2v) is 10.0. The molecule has 0 saturated carbocycles. The molecule has 0 aliphatic heterocycles. The molecular formula is C29H25F2N3O3S. The molecule has 5 rings (SSSR count). The summed E-state index contributed by atoms with van der Waals surface area (Å²) in [4.78, 5) is 27.4. The third-order valence-electron chi connectivity index (χ3n) is 6.59. The number of anilines is 1.